The minimum Gasteiger partial charge on any atom is -0.478 e. The molecule has 0 spiro atoms. The second-order valence-corrected chi connectivity index (χ2v) is 17.7. The maximum atomic E-state index is 13.2. The number of nitrogens with zero attached hydrogens (tertiary/aromatic N) is 6. The van der Waals surface area contributed by atoms with Crippen molar-refractivity contribution in [1.82, 2.24) is 35.0 Å². The van der Waals surface area contributed by atoms with Gasteiger partial charge in [0.25, 0.3) is 17.4 Å². The van der Waals surface area contributed by atoms with E-state index >= 15 is 0 Å². The highest BCUT2D eigenvalue weighted by molar-refractivity contribution is 6.33. The molecule has 330 valence electrons. The molecule has 4 aromatic rings. The molecule has 6 heterocycles. The van der Waals surface area contributed by atoms with Crippen LogP contribution in [0.1, 0.15) is 86.3 Å². The normalized spacial score (nSPS) is 21.9. The SMILES string of the molecule is CNC(=O)COc1cc2cc(Nc3nc(N4CCC(O[C@H]5C[C@H](N6CC=C(c7ccc8c(c7)CN(C7CCC(=O)NC7=O)C8=O)CC6)C5)CC4)ncc3Cl)ccc2n(C(C)C)c1=O. The second-order valence-electron chi connectivity index (χ2n) is 17.3. The van der Waals surface area contributed by atoms with E-state index in [0.717, 1.165) is 80.3 Å². The quantitative estimate of drug-likeness (QED) is 0.163. The zero-order valence-corrected chi connectivity index (χ0v) is 36.5. The summed E-state index contributed by atoms with van der Waals surface area (Å²) >= 11 is 6.60. The average molecular weight is 878 g/mol. The van der Waals surface area contributed by atoms with E-state index in [-0.39, 0.29) is 60.3 Å². The van der Waals surface area contributed by atoms with Crippen molar-refractivity contribution in [2.45, 2.75) is 95.7 Å². The zero-order valence-electron chi connectivity index (χ0n) is 35.7. The van der Waals surface area contributed by atoms with Crippen LogP contribution in [0.3, 0.4) is 0 Å². The number of imide groups is 1. The number of anilines is 3. The molecular weight excluding hydrogens is 826 g/mol. The highest BCUT2D eigenvalue weighted by atomic mass is 35.5. The number of amides is 4. The van der Waals surface area contributed by atoms with Crippen molar-refractivity contribution in [2.24, 2.45) is 0 Å². The van der Waals surface area contributed by atoms with Crippen LogP contribution in [-0.2, 0) is 25.7 Å². The van der Waals surface area contributed by atoms with Gasteiger partial charge in [0.15, 0.2) is 18.2 Å². The minimum atomic E-state index is -0.612. The lowest BCUT2D eigenvalue weighted by molar-refractivity contribution is -0.137. The molecule has 2 saturated heterocycles. The van der Waals surface area contributed by atoms with Gasteiger partial charge in [0.1, 0.15) is 11.1 Å². The lowest BCUT2D eigenvalue weighted by atomic mass is 9.86. The van der Waals surface area contributed by atoms with Crippen molar-refractivity contribution in [3.63, 3.8) is 0 Å². The Hall–Kier alpha value is -5.84. The van der Waals surface area contributed by atoms with Gasteiger partial charge in [0, 0.05) is 74.9 Å². The molecule has 5 aliphatic rings. The summed E-state index contributed by atoms with van der Waals surface area (Å²) in [5.41, 5.74) is 5.11. The number of benzene rings is 2. The number of fused-ring (bicyclic) bond motifs is 2. The predicted molar refractivity (Wildman–Crippen MR) is 238 cm³/mol. The Labute approximate surface area is 369 Å². The number of carbonyl (C=O) groups is 4. The largest absolute Gasteiger partial charge is 0.478 e. The summed E-state index contributed by atoms with van der Waals surface area (Å²) in [6.45, 7) is 7.32. The van der Waals surface area contributed by atoms with Gasteiger partial charge in [-0.05, 0) is 105 Å². The summed E-state index contributed by atoms with van der Waals surface area (Å²) in [5.74, 6) is -0.00988. The molecule has 0 bridgehead atoms. The van der Waals surface area contributed by atoms with E-state index in [2.05, 4.69) is 42.9 Å². The first kappa shape index (κ1) is 42.5. The van der Waals surface area contributed by atoms with Crippen LogP contribution in [0.4, 0.5) is 17.5 Å². The maximum Gasteiger partial charge on any atom is 0.293 e. The van der Waals surface area contributed by atoms with Gasteiger partial charge in [0.2, 0.25) is 17.8 Å². The van der Waals surface area contributed by atoms with Gasteiger partial charge in [-0.1, -0.05) is 23.7 Å². The van der Waals surface area contributed by atoms with Crippen LogP contribution in [0.25, 0.3) is 16.5 Å². The van der Waals surface area contributed by atoms with E-state index in [1.54, 1.807) is 21.7 Å². The molecule has 3 fully saturated rings. The molecule has 4 amide bonds. The molecule has 0 radical (unpaired) electrons. The first-order chi connectivity index (χ1) is 30.4. The van der Waals surface area contributed by atoms with E-state index in [1.807, 2.05) is 44.2 Å². The molecule has 2 aromatic carbocycles. The van der Waals surface area contributed by atoms with Gasteiger partial charge >= 0.3 is 0 Å². The Kier molecular flexibility index (Phi) is 12.0. The van der Waals surface area contributed by atoms with Gasteiger partial charge in [0.05, 0.1) is 23.9 Å². The topological polar surface area (TPSA) is 180 Å². The fourth-order valence-electron chi connectivity index (χ4n) is 9.43. The fraction of sp³-hybridized carbons (Fsp3) is 0.457. The highest BCUT2D eigenvalue weighted by Gasteiger charge is 2.40. The van der Waals surface area contributed by atoms with Crippen LogP contribution < -0.4 is 31.1 Å². The Bertz CT molecular complexity index is 2560. The molecular formula is C46H52ClN9O7. The van der Waals surface area contributed by atoms with Crippen molar-refractivity contribution < 1.29 is 28.7 Å². The van der Waals surface area contributed by atoms with Crippen molar-refractivity contribution >= 4 is 69.2 Å². The number of halogens is 1. The number of rotatable bonds is 12. The van der Waals surface area contributed by atoms with Gasteiger partial charge in [-0.25, -0.2) is 4.98 Å². The van der Waals surface area contributed by atoms with Crippen molar-refractivity contribution in [3.8, 4) is 5.75 Å². The number of ether oxygens (including phenoxy) is 2. The zero-order chi connectivity index (χ0) is 43.9. The maximum absolute atomic E-state index is 13.2. The molecule has 17 heteroatoms. The van der Waals surface area contributed by atoms with Gasteiger partial charge in [-0.3, -0.25) is 34.2 Å². The third kappa shape index (κ3) is 8.76. The smallest absolute Gasteiger partial charge is 0.293 e. The number of nitrogens with one attached hydrogen (secondary N) is 3. The molecule has 4 aliphatic heterocycles. The van der Waals surface area contributed by atoms with Crippen LogP contribution in [-0.4, -0.2) is 112 Å². The number of carbonyl (C=O) groups excluding carboxylic acids is 4. The molecule has 1 unspecified atom stereocenters. The fourth-order valence-corrected chi connectivity index (χ4v) is 9.57. The number of piperidine rings is 2. The first-order valence-corrected chi connectivity index (χ1v) is 22.2. The van der Waals surface area contributed by atoms with Crippen LogP contribution in [0.15, 0.2) is 59.5 Å². The van der Waals surface area contributed by atoms with Gasteiger partial charge < -0.3 is 34.5 Å². The third-order valence-electron chi connectivity index (χ3n) is 13.0. The summed E-state index contributed by atoms with van der Waals surface area (Å²) < 4.78 is 13.9. The molecule has 1 saturated carbocycles. The van der Waals surface area contributed by atoms with Crippen molar-refractivity contribution in [2.75, 3.05) is 50.1 Å². The monoisotopic (exact) mass is 877 g/mol. The van der Waals surface area contributed by atoms with E-state index in [1.165, 1.54) is 12.6 Å². The average Bonchev–Trinajstić information content (AvgIpc) is 3.59. The second kappa shape index (κ2) is 17.7. The molecule has 63 heavy (non-hydrogen) atoms. The summed E-state index contributed by atoms with van der Waals surface area (Å²) in [7, 11) is 1.51. The summed E-state index contributed by atoms with van der Waals surface area (Å²) in [6.07, 6.45) is 9.64. The standard InChI is InChI=1S/C46H52ClN9O7/c1-26(2)56-37-7-5-31(19-29(37)20-39(45(56)61)62-25-41(58)48-3)50-42-36(47)23-49-46(52-42)54-16-12-33(13-17-54)63-34-21-32(22-34)53-14-10-27(11-15-53)28-4-6-35-30(18-28)24-55(44(35)60)38-8-9-40(57)51-43(38)59/h4-7,10,18-20,23,26,32-34,38H,8-9,11-17,21-22,24-25H2,1-3H3,(H,48,58)(H,49,50,52)(H,51,57,59)/t32-,34-,38?. The van der Waals surface area contributed by atoms with Crippen LogP contribution in [0, 0.1) is 0 Å². The number of pyridine rings is 1. The van der Waals surface area contributed by atoms with Crippen LogP contribution in [0.2, 0.25) is 5.02 Å². The Morgan fingerprint density at radius 1 is 0.984 bits per heavy atom. The Balaban J connectivity index is 0.753. The number of hydrogen-bond donors (Lipinski definition) is 3. The lowest BCUT2D eigenvalue weighted by Crippen LogP contribution is -2.52. The Morgan fingerprint density at radius 2 is 1.79 bits per heavy atom. The van der Waals surface area contributed by atoms with Crippen molar-refractivity contribution in [1.29, 1.82) is 0 Å². The van der Waals surface area contributed by atoms with Crippen molar-refractivity contribution in [3.05, 3.63) is 86.8 Å². The predicted octanol–water partition coefficient (Wildman–Crippen LogP) is 4.96. The van der Waals surface area contributed by atoms with Crippen LogP contribution in [0.5, 0.6) is 5.75 Å². The minimum absolute atomic E-state index is 0.0935. The summed E-state index contributed by atoms with van der Waals surface area (Å²) in [5, 5.41) is 9.34. The summed E-state index contributed by atoms with van der Waals surface area (Å²) in [4.78, 5) is 78.0. The van der Waals surface area contributed by atoms with E-state index < -0.39 is 11.9 Å². The van der Waals surface area contributed by atoms with E-state index in [9.17, 15) is 24.0 Å². The van der Waals surface area contributed by atoms with Crippen LogP contribution >= 0.6 is 11.6 Å². The number of aromatic nitrogens is 3. The lowest BCUT2D eigenvalue weighted by Gasteiger charge is -2.45. The first-order valence-electron chi connectivity index (χ1n) is 21.9. The molecule has 2 aromatic heterocycles. The Morgan fingerprint density at radius 3 is 2.52 bits per heavy atom. The molecule has 1 aliphatic carbocycles. The highest BCUT2D eigenvalue weighted by Crippen LogP contribution is 2.36. The third-order valence-corrected chi connectivity index (χ3v) is 13.3. The molecule has 3 N–H and O–H groups in total. The van der Waals surface area contributed by atoms with Gasteiger partial charge in [-0.15, -0.1) is 0 Å². The molecule has 16 nitrogen and oxygen atoms in total. The van der Waals surface area contributed by atoms with E-state index in [0.29, 0.717) is 47.0 Å². The number of hydrogen-bond acceptors (Lipinski definition) is 12. The summed E-state index contributed by atoms with van der Waals surface area (Å²) in [6, 6.07) is 13.0. The van der Waals surface area contributed by atoms with Gasteiger partial charge in [-0.2, -0.15) is 4.98 Å². The molecule has 9 rings (SSSR count). The molecule has 1 atom stereocenters. The van der Waals surface area contributed by atoms with E-state index in [4.69, 9.17) is 26.1 Å². The number of likely N-dealkylation sites (N-methyl/N-ethyl adjacent to an activating group) is 1.